The van der Waals surface area contributed by atoms with Gasteiger partial charge in [-0.2, -0.15) is 0 Å². The molecule has 28 heavy (non-hydrogen) atoms. The van der Waals surface area contributed by atoms with Crippen molar-refractivity contribution in [1.82, 2.24) is 0 Å². The molecule has 3 rings (SSSR count). The maximum atomic E-state index is 6.69. The molecule has 0 aromatic heterocycles. The average molecular weight is 441 g/mol. The number of methoxy groups -OCH3 is 2. The van der Waals surface area contributed by atoms with Gasteiger partial charge in [-0.1, -0.05) is 46.3 Å². The first-order valence-electron chi connectivity index (χ1n) is 9.14. The normalized spacial score (nSPS) is 12.9. The Hall–Kier alpha value is -2.50. The Balaban J connectivity index is 1.86. The molecule has 146 valence electrons. The van der Waals surface area contributed by atoms with E-state index in [9.17, 15) is 0 Å². The number of hydrogen-bond donors (Lipinski definition) is 2. The van der Waals surface area contributed by atoms with Crippen molar-refractivity contribution >= 4 is 21.6 Å². The van der Waals surface area contributed by atoms with E-state index >= 15 is 0 Å². The summed E-state index contributed by atoms with van der Waals surface area (Å²) in [6.45, 7) is 0. The number of nitrogens with two attached hydrogens (primary N) is 1. The van der Waals surface area contributed by atoms with E-state index in [-0.39, 0.29) is 12.1 Å². The van der Waals surface area contributed by atoms with Gasteiger partial charge in [0.1, 0.15) is 11.5 Å². The minimum Gasteiger partial charge on any atom is -0.497 e. The maximum absolute atomic E-state index is 6.69. The highest BCUT2D eigenvalue weighted by atomic mass is 79.9. The highest BCUT2D eigenvalue weighted by Crippen LogP contribution is 2.28. The largest absolute Gasteiger partial charge is 0.497 e. The van der Waals surface area contributed by atoms with Crippen LogP contribution in [0.2, 0.25) is 0 Å². The quantitative estimate of drug-likeness (QED) is 0.505. The van der Waals surface area contributed by atoms with Gasteiger partial charge in [0.25, 0.3) is 0 Å². The van der Waals surface area contributed by atoms with Crippen LogP contribution < -0.4 is 20.5 Å². The summed E-state index contributed by atoms with van der Waals surface area (Å²) in [4.78, 5) is 0. The number of nitrogens with one attached hydrogen (secondary N) is 1. The van der Waals surface area contributed by atoms with Gasteiger partial charge in [-0.15, -0.1) is 0 Å². The van der Waals surface area contributed by atoms with Crippen LogP contribution in [0.5, 0.6) is 11.5 Å². The molecule has 0 fully saturated rings. The first-order chi connectivity index (χ1) is 13.6. The molecule has 0 heterocycles. The van der Waals surface area contributed by atoms with E-state index in [2.05, 4.69) is 39.4 Å². The summed E-state index contributed by atoms with van der Waals surface area (Å²) in [6, 6.07) is 23.9. The van der Waals surface area contributed by atoms with Crippen LogP contribution in [0.1, 0.15) is 17.2 Å². The number of halogens is 1. The molecule has 3 aromatic rings. The topological polar surface area (TPSA) is 56.5 Å². The van der Waals surface area contributed by atoms with Gasteiger partial charge < -0.3 is 20.5 Å². The molecule has 0 saturated heterocycles. The fraction of sp³-hybridized carbons (Fsp3) is 0.217. The van der Waals surface area contributed by atoms with E-state index in [0.29, 0.717) is 0 Å². The zero-order valence-corrected chi connectivity index (χ0v) is 17.6. The Kier molecular flexibility index (Phi) is 6.95. The number of anilines is 1. The Morgan fingerprint density at radius 2 is 1.43 bits per heavy atom. The van der Waals surface area contributed by atoms with E-state index in [0.717, 1.165) is 33.6 Å². The lowest BCUT2D eigenvalue weighted by molar-refractivity contribution is 0.414. The smallest absolute Gasteiger partial charge is 0.119 e. The molecular formula is C23H25BrN2O2. The zero-order valence-electron chi connectivity index (χ0n) is 16.1. The van der Waals surface area contributed by atoms with Crippen LogP contribution >= 0.6 is 15.9 Å². The number of benzene rings is 3. The molecule has 4 nitrogen and oxygen atoms in total. The monoisotopic (exact) mass is 440 g/mol. The molecule has 3 N–H and O–H groups in total. The van der Waals surface area contributed by atoms with Gasteiger partial charge in [0.2, 0.25) is 0 Å². The SMILES string of the molecule is COc1ccc(N[C@H](c2ccc(OC)cc2)[C@@H](N)Cc2ccccc2Br)cc1. The van der Waals surface area contributed by atoms with E-state index in [1.807, 2.05) is 54.6 Å². The molecule has 0 radical (unpaired) electrons. The lowest BCUT2D eigenvalue weighted by Gasteiger charge is -2.27. The van der Waals surface area contributed by atoms with Gasteiger partial charge in [0.15, 0.2) is 0 Å². The molecule has 0 aliphatic carbocycles. The summed E-state index contributed by atoms with van der Waals surface area (Å²) in [5.41, 5.74) is 9.97. The second-order valence-corrected chi connectivity index (χ2v) is 7.44. The van der Waals surface area contributed by atoms with Gasteiger partial charge in [-0.25, -0.2) is 0 Å². The Morgan fingerprint density at radius 3 is 2.00 bits per heavy atom. The average Bonchev–Trinajstić information content (AvgIpc) is 2.74. The summed E-state index contributed by atoms with van der Waals surface area (Å²) in [6.07, 6.45) is 0.737. The third kappa shape index (κ3) is 5.06. The molecular weight excluding hydrogens is 416 g/mol. The minimum absolute atomic E-state index is 0.0635. The van der Waals surface area contributed by atoms with Crippen molar-refractivity contribution in [2.24, 2.45) is 5.73 Å². The van der Waals surface area contributed by atoms with Crippen molar-refractivity contribution in [1.29, 1.82) is 0 Å². The van der Waals surface area contributed by atoms with E-state index in [1.165, 1.54) is 5.56 Å². The summed E-state index contributed by atoms with van der Waals surface area (Å²) >= 11 is 3.63. The van der Waals surface area contributed by atoms with Crippen LogP contribution in [0.25, 0.3) is 0 Å². The lowest BCUT2D eigenvalue weighted by atomic mass is 9.94. The van der Waals surface area contributed by atoms with E-state index < -0.39 is 0 Å². The molecule has 0 saturated carbocycles. The van der Waals surface area contributed by atoms with Crippen molar-refractivity contribution in [2.45, 2.75) is 18.5 Å². The molecule has 0 aliphatic rings. The molecule has 0 spiro atoms. The van der Waals surface area contributed by atoms with Crippen LogP contribution in [0.4, 0.5) is 5.69 Å². The summed E-state index contributed by atoms with van der Waals surface area (Å²) in [5.74, 6) is 1.65. The zero-order chi connectivity index (χ0) is 19.9. The summed E-state index contributed by atoms with van der Waals surface area (Å²) < 4.78 is 11.6. The molecule has 3 aromatic carbocycles. The van der Waals surface area contributed by atoms with Gasteiger partial charge >= 0.3 is 0 Å². The standard InChI is InChI=1S/C23H25BrN2O2/c1-27-19-11-7-16(8-12-19)23(26-18-9-13-20(28-2)14-10-18)22(25)15-17-5-3-4-6-21(17)24/h3-14,22-23,26H,15,25H2,1-2H3/t22-,23+/m0/s1. The van der Waals surface area contributed by atoms with Crippen molar-refractivity contribution < 1.29 is 9.47 Å². The Morgan fingerprint density at radius 1 is 0.857 bits per heavy atom. The van der Waals surface area contributed by atoms with Gasteiger partial charge in [0.05, 0.1) is 20.3 Å². The Bertz CT molecular complexity index is 882. The molecule has 0 amide bonds. The van der Waals surface area contributed by atoms with Crippen molar-refractivity contribution in [3.8, 4) is 11.5 Å². The highest BCUT2D eigenvalue weighted by molar-refractivity contribution is 9.10. The van der Waals surface area contributed by atoms with Crippen LogP contribution in [0, 0.1) is 0 Å². The van der Waals surface area contributed by atoms with Crippen molar-refractivity contribution in [2.75, 3.05) is 19.5 Å². The molecule has 5 heteroatoms. The van der Waals surface area contributed by atoms with Gasteiger partial charge in [-0.3, -0.25) is 0 Å². The third-order valence-corrected chi connectivity index (χ3v) is 5.50. The first kappa shape index (κ1) is 20.2. The number of ether oxygens (including phenoxy) is 2. The second-order valence-electron chi connectivity index (χ2n) is 6.58. The lowest BCUT2D eigenvalue weighted by Crippen LogP contribution is -2.35. The number of rotatable bonds is 8. The fourth-order valence-electron chi connectivity index (χ4n) is 3.15. The van der Waals surface area contributed by atoms with E-state index in [1.54, 1.807) is 14.2 Å². The maximum Gasteiger partial charge on any atom is 0.119 e. The predicted molar refractivity (Wildman–Crippen MR) is 118 cm³/mol. The van der Waals surface area contributed by atoms with Crippen LogP contribution in [0.15, 0.2) is 77.3 Å². The summed E-state index contributed by atoms with van der Waals surface area (Å²) in [7, 11) is 3.33. The number of hydrogen-bond acceptors (Lipinski definition) is 4. The molecule has 2 atom stereocenters. The van der Waals surface area contributed by atoms with Crippen LogP contribution in [-0.4, -0.2) is 20.3 Å². The van der Waals surface area contributed by atoms with Crippen LogP contribution in [-0.2, 0) is 6.42 Å². The van der Waals surface area contributed by atoms with Gasteiger partial charge in [-0.05, 0) is 60.0 Å². The van der Waals surface area contributed by atoms with Crippen molar-refractivity contribution in [3.05, 3.63) is 88.4 Å². The second kappa shape index (κ2) is 9.62. The predicted octanol–water partition coefficient (Wildman–Crippen LogP) is 5.19. The van der Waals surface area contributed by atoms with Crippen LogP contribution in [0.3, 0.4) is 0 Å². The Labute approximate surface area is 174 Å². The minimum atomic E-state index is -0.130. The molecule has 0 aliphatic heterocycles. The van der Waals surface area contributed by atoms with Gasteiger partial charge in [0, 0.05) is 16.2 Å². The first-order valence-corrected chi connectivity index (χ1v) is 9.93. The molecule has 0 unspecified atom stereocenters. The highest BCUT2D eigenvalue weighted by Gasteiger charge is 2.21. The molecule has 0 bridgehead atoms. The fourth-order valence-corrected chi connectivity index (χ4v) is 3.60. The van der Waals surface area contributed by atoms with Crippen molar-refractivity contribution in [3.63, 3.8) is 0 Å². The summed E-state index contributed by atoms with van der Waals surface area (Å²) in [5, 5.41) is 3.59. The van der Waals surface area contributed by atoms with E-state index in [4.69, 9.17) is 15.2 Å². The third-order valence-electron chi connectivity index (χ3n) is 4.73.